The second-order valence-electron chi connectivity index (χ2n) is 6.18. The zero-order chi connectivity index (χ0) is 17.5. The fourth-order valence-electron chi connectivity index (χ4n) is 3.38. The van der Waals surface area contributed by atoms with Crippen LogP contribution >= 0.6 is 0 Å². The van der Waals surface area contributed by atoms with Crippen LogP contribution in [0.4, 0.5) is 4.79 Å². The van der Waals surface area contributed by atoms with Gasteiger partial charge in [-0.3, -0.25) is 9.35 Å². The van der Waals surface area contributed by atoms with E-state index in [1.165, 1.54) is 4.90 Å². The Kier molecular flexibility index (Phi) is 4.51. The van der Waals surface area contributed by atoms with E-state index in [1.54, 1.807) is 13.0 Å². The Morgan fingerprint density at radius 1 is 1.42 bits per heavy atom. The van der Waals surface area contributed by atoms with Gasteiger partial charge in [0.2, 0.25) is 5.91 Å². The molecule has 11 heteroatoms. The Bertz CT molecular complexity index is 672. The highest BCUT2D eigenvalue weighted by molar-refractivity contribution is 7.80. The lowest BCUT2D eigenvalue weighted by atomic mass is 9.98. The van der Waals surface area contributed by atoms with Crippen molar-refractivity contribution in [3.05, 3.63) is 11.6 Å². The number of hydrogen-bond acceptors (Lipinski definition) is 6. The maximum atomic E-state index is 12.6. The zero-order valence-corrected chi connectivity index (χ0v) is 14.0. The fourth-order valence-corrected chi connectivity index (χ4v) is 3.76. The molecule has 2 fully saturated rings. The van der Waals surface area contributed by atoms with Gasteiger partial charge in [0, 0.05) is 6.04 Å². The highest BCUT2D eigenvalue weighted by Gasteiger charge is 2.49. The fraction of sp³-hybridized carbons (Fsp3) is 0.692. The van der Waals surface area contributed by atoms with Crippen LogP contribution in [0.2, 0.25) is 0 Å². The van der Waals surface area contributed by atoms with Gasteiger partial charge in [0.1, 0.15) is 6.04 Å². The van der Waals surface area contributed by atoms with Gasteiger partial charge >= 0.3 is 16.4 Å². The molecule has 3 rings (SSSR count). The molecule has 0 aromatic heterocycles. The van der Waals surface area contributed by atoms with E-state index in [9.17, 15) is 18.0 Å². The summed E-state index contributed by atoms with van der Waals surface area (Å²) in [5.74, 6) is -0.295. The lowest BCUT2D eigenvalue weighted by Gasteiger charge is -2.32. The van der Waals surface area contributed by atoms with Crippen molar-refractivity contribution in [1.29, 1.82) is 0 Å². The van der Waals surface area contributed by atoms with Gasteiger partial charge in [-0.15, -0.1) is 4.28 Å². The summed E-state index contributed by atoms with van der Waals surface area (Å²) in [7, 11) is -4.82. The molecule has 24 heavy (non-hydrogen) atoms. The summed E-state index contributed by atoms with van der Waals surface area (Å²) in [6.07, 6.45) is 3.24. The van der Waals surface area contributed by atoms with Gasteiger partial charge in [0.15, 0.2) is 0 Å². The van der Waals surface area contributed by atoms with E-state index >= 15 is 0 Å². The summed E-state index contributed by atoms with van der Waals surface area (Å²) in [6.45, 7) is 3.47. The lowest BCUT2D eigenvalue weighted by molar-refractivity contribution is -0.125. The number of carbonyl (C=O) groups excluding carboxylic acids is 2. The second-order valence-corrected chi connectivity index (χ2v) is 7.18. The first-order chi connectivity index (χ1) is 11.3. The average Bonchev–Trinajstić information content (AvgIpc) is 2.72. The van der Waals surface area contributed by atoms with Crippen molar-refractivity contribution in [2.45, 2.75) is 37.9 Å². The van der Waals surface area contributed by atoms with Crippen LogP contribution in [0.3, 0.4) is 0 Å². The SMILES string of the molecule is CC1=C[C@H]2CN(C(=O)N2OS(=O)(=O)O)[C@@H]1C(=O)NC1CCNCC1. The lowest BCUT2D eigenvalue weighted by Crippen LogP contribution is -2.53. The van der Waals surface area contributed by atoms with Crippen molar-refractivity contribution in [3.63, 3.8) is 0 Å². The number of nitrogens with one attached hydrogen (secondary N) is 2. The molecule has 2 bridgehead atoms. The number of hydrogen-bond donors (Lipinski definition) is 3. The third-order valence-corrected chi connectivity index (χ3v) is 4.77. The van der Waals surface area contributed by atoms with Crippen LogP contribution in [0.5, 0.6) is 0 Å². The van der Waals surface area contributed by atoms with Crippen LogP contribution < -0.4 is 10.6 Å². The third-order valence-electron chi connectivity index (χ3n) is 4.43. The molecule has 3 aliphatic rings. The summed E-state index contributed by atoms with van der Waals surface area (Å²) >= 11 is 0. The Hall–Kier alpha value is -1.69. The molecule has 0 aromatic rings. The van der Waals surface area contributed by atoms with Crippen LogP contribution in [0, 0.1) is 0 Å². The molecule has 0 spiro atoms. The first-order valence-corrected chi connectivity index (χ1v) is 9.09. The molecular formula is C13H20N4O6S. The topological polar surface area (TPSA) is 128 Å². The van der Waals surface area contributed by atoms with Crippen molar-refractivity contribution in [2.75, 3.05) is 19.6 Å². The number of hydroxylamine groups is 2. The number of urea groups is 1. The van der Waals surface area contributed by atoms with Crippen LogP contribution in [0.15, 0.2) is 11.6 Å². The van der Waals surface area contributed by atoms with Gasteiger partial charge in [-0.05, 0) is 38.4 Å². The Labute approximate surface area is 139 Å². The summed E-state index contributed by atoms with van der Waals surface area (Å²) in [5.41, 5.74) is 0.632. The van der Waals surface area contributed by atoms with Crippen LogP contribution in [-0.4, -0.2) is 72.6 Å². The second kappa shape index (κ2) is 6.31. The van der Waals surface area contributed by atoms with E-state index in [1.807, 2.05) is 0 Å². The molecule has 10 nitrogen and oxygen atoms in total. The molecule has 0 unspecified atom stereocenters. The van der Waals surface area contributed by atoms with E-state index < -0.39 is 28.5 Å². The van der Waals surface area contributed by atoms with E-state index in [0.29, 0.717) is 10.6 Å². The Balaban J connectivity index is 1.74. The standard InChI is InChI=1S/C13H20N4O6S/c1-8-6-10-7-16(13(19)17(10)23-24(20,21)22)11(8)12(18)15-9-2-4-14-5-3-9/h6,9-11,14H,2-5,7H2,1H3,(H,15,18)(H,20,21,22)/t10-,11-/m0/s1. The quantitative estimate of drug-likeness (QED) is 0.434. The van der Waals surface area contributed by atoms with Crippen molar-refractivity contribution in [2.24, 2.45) is 0 Å². The number of carbonyl (C=O) groups is 2. The monoisotopic (exact) mass is 360 g/mol. The molecule has 0 aromatic carbocycles. The van der Waals surface area contributed by atoms with Crippen molar-refractivity contribution in [1.82, 2.24) is 20.6 Å². The number of fused-ring (bicyclic) bond motifs is 2. The molecular weight excluding hydrogens is 340 g/mol. The minimum atomic E-state index is -4.82. The van der Waals surface area contributed by atoms with Gasteiger partial charge in [-0.25, -0.2) is 4.79 Å². The van der Waals surface area contributed by atoms with E-state index in [4.69, 9.17) is 4.55 Å². The van der Waals surface area contributed by atoms with E-state index in [2.05, 4.69) is 14.9 Å². The maximum Gasteiger partial charge on any atom is 0.418 e. The first-order valence-electron chi connectivity index (χ1n) is 7.72. The minimum absolute atomic E-state index is 0.0483. The van der Waals surface area contributed by atoms with Crippen LogP contribution in [0.1, 0.15) is 19.8 Å². The number of amides is 3. The van der Waals surface area contributed by atoms with E-state index in [0.717, 1.165) is 25.9 Å². The highest BCUT2D eigenvalue weighted by atomic mass is 32.3. The predicted octanol–water partition coefficient (Wildman–Crippen LogP) is -0.976. The number of piperidine rings is 1. The molecule has 0 saturated carbocycles. The van der Waals surface area contributed by atoms with Crippen LogP contribution in [-0.2, 0) is 19.5 Å². The van der Waals surface area contributed by atoms with Crippen LogP contribution in [0.25, 0.3) is 0 Å². The van der Waals surface area contributed by atoms with Gasteiger partial charge in [-0.1, -0.05) is 6.08 Å². The largest absolute Gasteiger partial charge is 0.418 e. The number of nitrogens with zero attached hydrogens (tertiary/aromatic N) is 2. The molecule has 3 heterocycles. The van der Waals surface area contributed by atoms with Gasteiger partial charge in [0.05, 0.1) is 12.6 Å². The molecule has 2 saturated heterocycles. The summed E-state index contributed by atoms with van der Waals surface area (Å²) < 4.78 is 34.9. The van der Waals surface area contributed by atoms with Crippen molar-refractivity contribution in [3.8, 4) is 0 Å². The maximum absolute atomic E-state index is 12.6. The normalized spacial score (nSPS) is 28.1. The number of rotatable bonds is 4. The predicted molar refractivity (Wildman–Crippen MR) is 81.9 cm³/mol. The molecule has 0 aliphatic carbocycles. The molecule has 3 N–H and O–H groups in total. The Morgan fingerprint density at radius 2 is 2.08 bits per heavy atom. The third kappa shape index (κ3) is 3.38. The summed E-state index contributed by atoms with van der Waals surface area (Å²) in [5, 5.41) is 6.73. The first kappa shape index (κ1) is 17.1. The molecule has 2 atom stereocenters. The molecule has 0 radical (unpaired) electrons. The van der Waals surface area contributed by atoms with Gasteiger partial charge < -0.3 is 15.5 Å². The molecule has 134 valence electrons. The minimum Gasteiger partial charge on any atom is -0.351 e. The van der Waals surface area contributed by atoms with Crippen molar-refractivity contribution < 1.29 is 26.8 Å². The Morgan fingerprint density at radius 3 is 2.71 bits per heavy atom. The molecule has 3 amide bonds. The van der Waals surface area contributed by atoms with E-state index in [-0.39, 0.29) is 18.5 Å². The zero-order valence-electron chi connectivity index (χ0n) is 13.1. The van der Waals surface area contributed by atoms with Gasteiger partial charge in [0.25, 0.3) is 0 Å². The molecule has 3 aliphatic heterocycles. The average molecular weight is 360 g/mol. The summed E-state index contributed by atoms with van der Waals surface area (Å²) in [6, 6.07) is -2.19. The highest BCUT2D eigenvalue weighted by Crippen LogP contribution is 2.30. The summed E-state index contributed by atoms with van der Waals surface area (Å²) in [4.78, 5) is 26.2. The van der Waals surface area contributed by atoms with Gasteiger partial charge in [-0.2, -0.15) is 13.5 Å². The van der Waals surface area contributed by atoms with Crippen molar-refractivity contribution >= 4 is 22.3 Å². The smallest absolute Gasteiger partial charge is 0.351 e.